The lowest BCUT2D eigenvalue weighted by Crippen LogP contribution is -2.41. The maximum absolute atomic E-state index is 10.2. The van der Waals surface area contributed by atoms with Crippen molar-refractivity contribution >= 4 is 0 Å². The molecule has 1 fully saturated rings. The summed E-state index contributed by atoms with van der Waals surface area (Å²) in [6.07, 6.45) is 9.55. The summed E-state index contributed by atoms with van der Waals surface area (Å²) in [5, 5.41) is 10.2. The molecule has 0 radical (unpaired) electrons. The Kier molecular flexibility index (Phi) is 3.89. The van der Waals surface area contributed by atoms with E-state index in [0.29, 0.717) is 6.04 Å². The van der Waals surface area contributed by atoms with Crippen LogP contribution in [0.1, 0.15) is 56.8 Å². The fourth-order valence-electron chi connectivity index (χ4n) is 3.65. The van der Waals surface area contributed by atoms with Crippen LogP contribution in [-0.2, 0) is 12.8 Å². The van der Waals surface area contributed by atoms with Gasteiger partial charge in [0.15, 0.2) is 0 Å². The van der Waals surface area contributed by atoms with Crippen molar-refractivity contribution < 1.29 is 5.11 Å². The third kappa shape index (κ3) is 2.56. The van der Waals surface area contributed by atoms with Gasteiger partial charge in [-0.1, -0.05) is 13.3 Å². The first-order chi connectivity index (χ1) is 9.29. The number of aliphatic hydroxyl groups is 1. The van der Waals surface area contributed by atoms with Crippen molar-refractivity contribution in [1.82, 2.24) is 14.5 Å². The minimum Gasteiger partial charge on any atom is -0.373 e. The number of hydrogen-bond acceptors (Lipinski definition) is 3. The molecule has 2 aliphatic heterocycles. The Hall–Kier alpha value is -0.870. The first-order valence-corrected chi connectivity index (χ1v) is 7.76. The Morgan fingerprint density at radius 1 is 1.32 bits per heavy atom. The van der Waals surface area contributed by atoms with Gasteiger partial charge in [-0.25, -0.2) is 4.98 Å². The van der Waals surface area contributed by atoms with E-state index in [-0.39, 0.29) is 6.23 Å². The van der Waals surface area contributed by atoms with Crippen molar-refractivity contribution in [3.8, 4) is 0 Å². The minimum atomic E-state index is -0.347. The molecule has 19 heavy (non-hydrogen) atoms. The van der Waals surface area contributed by atoms with E-state index < -0.39 is 0 Å². The summed E-state index contributed by atoms with van der Waals surface area (Å²) in [5.41, 5.74) is 1.22. The Morgan fingerprint density at radius 2 is 2.21 bits per heavy atom. The average Bonchev–Trinajstić information content (AvgIpc) is 2.84. The molecule has 2 aliphatic rings. The van der Waals surface area contributed by atoms with Gasteiger partial charge in [-0.3, -0.25) is 0 Å². The van der Waals surface area contributed by atoms with E-state index in [1.807, 2.05) is 6.20 Å². The van der Waals surface area contributed by atoms with Crippen LogP contribution in [0.2, 0.25) is 0 Å². The molecule has 4 heteroatoms. The highest BCUT2D eigenvalue weighted by molar-refractivity contribution is 5.10. The highest BCUT2D eigenvalue weighted by Gasteiger charge is 2.26. The molecule has 0 aliphatic carbocycles. The maximum Gasteiger partial charge on any atom is 0.132 e. The van der Waals surface area contributed by atoms with E-state index in [0.717, 1.165) is 38.1 Å². The molecule has 1 saturated heterocycles. The van der Waals surface area contributed by atoms with E-state index in [9.17, 15) is 5.11 Å². The molecular formula is C15H25N3O. The lowest BCUT2D eigenvalue weighted by Gasteiger charge is -2.35. The van der Waals surface area contributed by atoms with E-state index in [4.69, 9.17) is 0 Å². The lowest BCUT2D eigenvalue weighted by atomic mass is 9.99. The second-order valence-electron chi connectivity index (χ2n) is 5.89. The predicted octanol–water partition coefficient (Wildman–Crippen LogP) is 2.13. The molecule has 2 unspecified atom stereocenters. The molecule has 0 amide bonds. The van der Waals surface area contributed by atoms with Gasteiger partial charge in [-0.05, 0) is 45.2 Å². The molecule has 0 saturated carbocycles. The van der Waals surface area contributed by atoms with Gasteiger partial charge in [-0.15, -0.1) is 0 Å². The van der Waals surface area contributed by atoms with Gasteiger partial charge >= 0.3 is 0 Å². The van der Waals surface area contributed by atoms with Gasteiger partial charge in [-0.2, -0.15) is 0 Å². The molecule has 3 heterocycles. The van der Waals surface area contributed by atoms with E-state index in [1.165, 1.54) is 31.5 Å². The minimum absolute atomic E-state index is 0.347. The fraction of sp³-hybridized carbons (Fsp3) is 0.800. The molecule has 2 atom stereocenters. The van der Waals surface area contributed by atoms with Crippen LogP contribution in [0.5, 0.6) is 0 Å². The second-order valence-corrected chi connectivity index (χ2v) is 5.89. The van der Waals surface area contributed by atoms with Gasteiger partial charge in [0.25, 0.3) is 0 Å². The Morgan fingerprint density at radius 3 is 3.05 bits per heavy atom. The summed E-state index contributed by atoms with van der Waals surface area (Å²) in [4.78, 5) is 7.16. The Labute approximate surface area is 115 Å². The second kappa shape index (κ2) is 5.63. The number of fused-ring (bicyclic) bond motifs is 1. The van der Waals surface area contributed by atoms with Crippen LogP contribution >= 0.6 is 0 Å². The third-order valence-corrected chi connectivity index (χ3v) is 4.72. The largest absolute Gasteiger partial charge is 0.373 e. The molecule has 0 spiro atoms. The van der Waals surface area contributed by atoms with E-state index in [1.54, 1.807) is 0 Å². The number of piperidine rings is 1. The van der Waals surface area contributed by atoms with Gasteiger partial charge < -0.3 is 14.6 Å². The molecule has 1 aromatic heterocycles. The fourth-order valence-corrected chi connectivity index (χ4v) is 3.65. The molecule has 0 aromatic carbocycles. The monoisotopic (exact) mass is 263 g/mol. The van der Waals surface area contributed by atoms with Crippen LogP contribution in [0.4, 0.5) is 0 Å². The van der Waals surface area contributed by atoms with Crippen LogP contribution in [0.15, 0.2) is 6.20 Å². The summed E-state index contributed by atoms with van der Waals surface area (Å²) in [5.74, 6) is 1.09. The third-order valence-electron chi connectivity index (χ3n) is 4.72. The highest BCUT2D eigenvalue weighted by Crippen LogP contribution is 2.27. The van der Waals surface area contributed by atoms with Crippen LogP contribution in [0.3, 0.4) is 0 Å². The summed E-state index contributed by atoms with van der Waals surface area (Å²) >= 11 is 0. The standard InChI is InChI=1S/C15H25N3O/c1-2-17-9-4-3-6-12(17)10-14-16-11-13-7-5-8-15(19)18(13)14/h11-12,15,19H,2-10H2,1H3. The zero-order valence-corrected chi connectivity index (χ0v) is 11.9. The maximum atomic E-state index is 10.2. The van der Waals surface area contributed by atoms with Crippen molar-refractivity contribution in [2.45, 2.75) is 64.1 Å². The topological polar surface area (TPSA) is 41.3 Å². The van der Waals surface area contributed by atoms with Crippen LogP contribution < -0.4 is 0 Å². The first kappa shape index (κ1) is 13.1. The summed E-state index contributed by atoms with van der Waals surface area (Å²) in [6, 6.07) is 0.611. The number of hydrogen-bond donors (Lipinski definition) is 1. The molecule has 106 valence electrons. The Balaban J connectivity index is 1.77. The van der Waals surface area contributed by atoms with Gasteiger partial charge in [0.05, 0.1) is 0 Å². The number of rotatable bonds is 3. The quantitative estimate of drug-likeness (QED) is 0.908. The summed E-state index contributed by atoms with van der Waals surface area (Å²) < 4.78 is 2.09. The number of likely N-dealkylation sites (tertiary alicyclic amines) is 1. The van der Waals surface area contributed by atoms with Gasteiger partial charge in [0.1, 0.15) is 12.1 Å². The SMILES string of the molecule is CCN1CCCCC1Cc1ncc2n1C(O)CCC2. The van der Waals surface area contributed by atoms with Crippen LogP contribution in [0, 0.1) is 0 Å². The van der Waals surface area contributed by atoms with Crippen molar-refractivity contribution in [3.63, 3.8) is 0 Å². The van der Waals surface area contributed by atoms with E-state index in [2.05, 4.69) is 21.4 Å². The van der Waals surface area contributed by atoms with Gasteiger partial charge in [0, 0.05) is 24.4 Å². The highest BCUT2D eigenvalue weighted by atomic mass is 16.3. The zero-order chi connectivity index (χ0) is 13.2. The van der Waals surface area contributed by atoms with Gasteiger partial charge in [0.2, 0.25) is 0 Å². The van der Waals surface area contributed by atoms with Crippen LogP contribution in [0.25, 0.3) is 0 Å². The van der Waals surface area contributed by atoms with Crippen molar-refractivity contribution in [2.24, 2.45) is 0 Å². The molecule has 4 nitrogen and oxygen atoms in total. The molecular weight excluding hydrogens is 238 g/mol. The molecule has 1 aromatic rings. The average molecular weight is 263 g/mol. The number of aryl methyl sites for hydroxylation is 1. The molecule has 3 rings (SSSR count). The number of nitrogens with zero attached hydrogens (tertiary/aromatic N) is 3. The first-order valence-electron chi connectivity index (χ1n) is 7.76. The summed E-state index contributed by atoms with van der Waals surface area (Å²) in [7, 11) is 0. The predicted molar refractivity (Wildman–Crippen MR) is 75.0 cm³/mol. The molecule has 1 N–H and O–H groups in total. The smallest absolute Gasteiger partial charge is 0.132 e. The lowest BCUT2D eigenvalue weighted by molar-refractivity contribution is 0.0728. The molecule has 0 bridgehead atoms. The zero-order valence-electron chi connectivity index (χ0n) is 11.9. The number of likely N-dealkylation sites (N-methyl/N-ethyl adjacent to an activating group) is 1. The number of aromatic nitrogens is 2. The normalized spacial score (nSPS) is 28.3. The van der Waals surface area contributed by atoms with Crippen molar-refractivity contribution in [1.29, 1.82) is 0 Å². The number of aliphatic hydroxyl groups excluding tert-OH is 1. The Bertz CT molecular complexity index is 429. The van der Waals surface area contributed by atoms with E-state index >= 15 is 0 Å². The number of imidazole rings is 1. The van der Waals surface area contributed by atoms with Crippen LogP contribution in [-0.4, -0.2) is 38.7 Å². The van der Waals surface area contributed by atoms with Crippen molar-refractivity contribution in [3.05, 3.63) is 17.7 Å². The van der Waals surface area contributed by atoms with Crippen molar-refractivity contribution in [2.75, 3.05) is 13.1 Å². The summed E-state index contributed by atoms with van der Waals surface area (Å²) in [6.45, 7) is 4.59.